The topological polar surface area (TPSA) is 46.2 Å². The van der Waals surface area contributed by atoms with Crippen LogP contribution in [0.15, 0.2) is 18.2 Å². The Bertz CT molecular complexity index is 532. The highest BCUT2D eigenvalue weighted by Gasteiger charge is 2.15. The maximum atomic E-state index is 12.3. The lowest BCUT2D eigenvalue weighted by Crippen LogP contribution is -2.33. The van der Waals surface area contributed by atoms with Gasteiger partial charge in [-0.25, -0.2) is 0 Å². The van der Waals surface area contributed by atoms with Gasteiger partial charge in [-0.3, -0.25) is 9.59 Å². The van der Waals surface area contributed by atoms with Gasteiger partial charge in [-0.05, 0) is 55.7 Å². The zero-order valence-electron chi connectivity index (χ0n) is 13.8. The molecule has 1 N–H and O–H groups in total. The SMILES string of the molecule is CCC(CC)NC(=O)CCC(=O)c1ccc2c(c1)CCCC2. The summed E-state index contributed by atoms with van der Waals surface area (Å²) in [5, 5.41) is 2.98. The second-order valence-corrected chi connectivity index (χ2v) is 6.19. The Hall–Kier alpha value is -1.64. The Morgan fingerprint density at radius 3 is 2.41 bits per heavy atom. The van der Waals surface area contributed by atoms with Crippen molar-refractivity contribution in [1.82, 2.24) is 5.32 Å². The number of fused-ring (bicyclic) bond motifs is 1. The van der Waals surface area contributed by atoms with Crippen molar-refractivity contribution in [2.24, 2.45) is 0 Å². The molecule has 1 aliphatic rings. The van der Waals surface area contributed by atoms with E-state index in [1.807, 2.05) is 12.1 Å². The first-order valence-corrected chi connectivity index (χ1v) is 8.58. The van der Waals surface area contributed by atoms with Crippen LogP contribution in [0.5, 0.6) is 0 Å². The number of Topliss-reactive ketones (excluding diaryl/α,β-unsaturated/α-hetero) is 1. The predicted octanol–water partition coefficient (Wildman–Crippen LogP) is 3.83. The van der Waals surface area contributed by atoms with E-state index in [4.69, 9.17) is 0 Å². The third kappa shape index (κ3) is 4.43. The first kappa shape index (κ1) is 16.7. The Morgan fingerprint density at radius 1 is 1.05 bits per heavy atom. The molecule has 0 spiro atoms. The lowest BCUT2D eigenvalue weighted by molar-refractivity contribution is -0.121. The summed E-state index contributed by atoms with van der Waals surface area (Å²) in [7, 11) is 0. The summed E-state index contributed by atoms with van der Waals surface area (Å²) < 4.78 is 0. The number of carbonyl (C=O) groups excluding carboxylic acids is 2. The highest BCUT2D eigenvalue weighted by Crippen LogP contribution is 2.22. The van der Waals surface area contributed by atoms with E-state index < -0.39 is 0 Å². The number of rotatable bonds is 7. The van der Waals surface area contributed by atoms with Gasteiger partial charge >= 0.3 is 0 Å². The van der Waals surface area contributed by atoms with Gasteiger partial charge in [0.15, 0.2) is 5.78 Å². The fraction of sp³-hybridized carbons (Fsp3) is 0.579. The molecule has 1 aliphatic carbocycles. The molecule has 0 unspecified atom stereocenters. The molecule has 0 saturated carbocycles. The molecule has 1 aromatic rings. The summed E-state index contributed by atoms with van der Waals surface area (Å²) in [6.45, 7) is 4.12. The lowest BCUT2D eigenvalue weighted by Gasteiger charge is -2.16. The van der Waals surface area contributed by atoms with Crippen LogP contribution in [0.2, 0.25) is 0 Å². The van der Waals surface area contributed by atoms with Gasteiger partial charge in [0, 0.05) is 24.4 Å². The molecule has 0 saturated heterocycles. The molecule has 0 bridgehead atoms. The first-order valence-electron chi connectivity index (χ1n) is 8.58. The Labute approximate surface area is 133 Å². The average molecular weight is 301 g/mol. The molecule has 0 fully saturated rings. The van der Waals surface area contributed by atoms with E-state index in [2.05, 4.69) is 25.2 Å². The molecule has 2 rings (SSSR count). The van der Waals surface area contributed by atoms with Crippen molar-refractivity contribution < 1.29 is 9.59 Å². The van der Waals surface area contributed by atoms with E-state index in [0.29, 0.717) is 6.42 Å². The van der Waals surface area contributed by atoms with Crippen molar-refractivity contribution in [3.8, 4) is 0 Å². The summed E-state index contributed by atoms with van der Waals surface area (Å²) in [5.74, 6) is 0.0630. The molecular formula is C19H27NO2. The van der Waals surface area contributed by atoms with Crippen LogP contribution < -0.4 is 5.32 Å². The number of hydrogen-bond donors (Lipinski definition) is 1. The maximum Gasteiger partial charge on any atom is 0.220 e. The zero-order chi connectivity index (χ0) is 15.9. The molecular weight excluding hydrogens is 274 g/mol. The van der Waals surface area contributed by atoms with Gasteiger partial charge in [-0.15, -0.1) is 0 Å². The summed E-state index contributed by atoms with van der Waals surface area (Å²) in [6, 6.07) is 6.28. The first-order chi connectivity index (χ1) is 10.6. The molecule has 0 aliphatic heterocycles. The minimum Gasteiger partial charge on any atom is -0.353 e. The van der Waals surface area contributed by atoms with E-state index in [-0.39, 0.29) is 24.2 Å². The van der Waals surface area contributed by atoms with Crippen LogP contribution in [0.4, 0.5) is 0 Å². The Balaban J connectivity index is 1.88. The molecule has 22 heavy (non-hydrogen) atoms. The van der Waals surface area contributed by atoms with Gasteiger partial charge in [0.2, 0.25) is 5.91 Å². The van der Waals surface area contributed by atoms with Gasteiger partial charge in [-0.1, -0.05) is 26.0 Å². The molecule has 3 heteroatoms. The van der Waals surface area contributed by atoms with Crippen LogP contribution in [0.25, 0.3) is 0 Å². The molecule has 0 aromatic heterocycles. The lowest BCUT2D eigenvalue weighted by atomic mass is 9.89. The van der Waals surface area contributed by atoms with Crippen LogP contribution in [0.1, 0.15) is 73.9 Å². The molecule has 1 amide bonds. The highest BCUT2D eigenvalue weighted by atomic mass is 16.2. The zero-order valence-corrected chi connectivity index (χ0v) is 13.8. The number of hydrogen-bond acceptors (Lipinski definition) is 2. The Morgan fingerprint density at radius 2 is 1.73 bits per heavy atom. The number of aryl methyl sites for hydroxylation is 2. The van der Waals surface area contributed by atoms with E-state index in [0.717, 1.165) is 31.2 Å². The highest BCUT2D eigenvalue weighted by molar-refractivity contribution is 5.98. The van der Waals surface area contributed by atoms with Crippen molar-refractivity contribution in [2.45, 2.75) is 71.3 Å². The number of carbonyl (C=O) groups is 2. The molecule has 0 heterocycles. The van der Waals surface area contributed by atoms with Gasteiger partial charge in [0.25, 0.3) is 0 Å². The minimum atomic E-state index is -0.0139. The second kappa shape index (κ2) is 8.11. The van der Waals surface area contributed by atoms with E-state index in [9.17, 15) is 9.59 Å². The summed E-state index contributed by atoms with van der Waals surface area (Å²) >= 11 is 0. The number of benzene rings is 1. The minimum absolute atomic E-state index is 0.0139. The average Bonchev–Trinajstić information content (AvgIpc) is 2.57. The number of ketones is 1. The molecule has 0 atom stereocenters. The van der Waals surface area contributed by atoms with Crippen LogP contribution in [-0.4, -0.2) is 17.7 Å². The number of amides is 1. The van der Waals surface area contributed by atoms with Crippen LogP contribution in [0.3, 0.4) is 0 Å². The Kier molecular flexibility index (Phi) is 6.17. The standard InChI is InChI=1S/C19H27NO2/c1-3-17(4-2)20-19(22)12-11-18(21)16-10-9-14-7-5-6-8-15(14)13-16/h9-10,13,17H,3-8,11-12H2,1-2H3,(H,20,22). The van der Waals surface area contributed by atoms with Gasteiger partial charge in [0.05, 0.1) is 0 Å². The van der Waals surface area contributed by atoms with Crippen molar-refractivity contribution in [3.05, 3.63) is 34.9 Å². The monoisotopic (exact) mass is 301 g/mol. The van der Waals surface area contributed by atoms with E-state index in [1.165, 1.54) is 24.0 Å². The van der Waals surface area contributed by atoms with Gasteiger partial charge in [0.1, 0.15) is 0 Å². The van der Waals surface area contributed by atoms with Crippen LogP contribution in [-0.2, 0) is 17.6 Å². The fourth-order valence-corrected chi connectivity index (χ4v) is 3.07. The predicted molar refractivity (Wildman–Crippen MR) is 89.2 cm³/mol. The van der Waals surface area contributed by atoms with Crippen molar-refractivity contribution in [3.63, 3.8) is 0 Å². The molecule has 1 aromatic carbocycles. The fourth-order valence-electron chi connectivity index (χ4n) is 3.07. The number of nitrogens with one attached hydrogen (secondary N) is 1. The summed E-state index contributed by atoms with van der Waals surface area (Å²) in [6.07, 6.45) is 7.10. The third-order valence-electron chi connectivity index (χ3n) is 4.60. The van der Waals surface area contributed by atoms with Gasteiger partial charge in [-0.2, -0.15) is 0 Å². The summed E-state index contributed by atoms with van der Waals surface area (Å²) in [5.41, 5.74) is 3.46. The second-order valence-electron chi connectivity index (χ2n) is 6.19. The van der Waals surface area contributed by atoms with E-state index >= 15 is 0 Å². The van der Waals surface area contributed by atoms with Crippen LogP contribution in [0, 0.1) is 0 Å². The molecule has 120 valence electrons. The maximum absolute atomic E-state index is 12.3. The molecule has 3 nitrogen and oxygen atoms in total. The van der Waals surface area contributed by atoms with E-state index in [1.54, 1.807) is 0 Å². The third-order valence-corrected chi connectivity index (χ3v) is 4.60. The van der Waals surface area contributed by atoms with Crippen LogP contribution >= 0.6 is 0 Å². The van der Waals surface area contributed by atoms with Gasteiger partial charge < -0.3 is 5.32 Å². The largest absolute Gasteiger partial charge is 0.353 e. The smallest absolute Gasteiger partial charge is 0.220 e. The summed E-state index contributed by atoms with van der Waals surface area (Å²) in [4.78, 5) is 24.2. The van der Waals surface area contributed by atoms with Crippen molar-refractivity contribution in [2.75, 3.05) is 0 Å². The van der Waals surface area contributed by atoms with Crippen molar-refractivity contribution >= 4 is 11.7 Å². The molecule has 0 radical (unpaired) electrons. The normalized spacial score (nSPS) is 13.8. The van der Waals surface area contributed by atoms with Crippen molar-refractivity contribution in [1.29, 1.82) is 0 Å². The quantitative estimate of drug-likeness (QED) is 0.778.